The molecule has 0 saturated carbocycles. The molecule has 0 aliphatic rings. The molecule has 39 heavy (non-hydrogen) atoms. The van der Waals surface area contributed by atoms with Crippen molar-refractivity contribution in [1.82, 2.24) is 4.90 Å². The van der Waals surface area contributed by atoms with Gasteiger partial charge in [-0.3, -0.25) is 0 Å². The zero-order chi connectivity index (χ0) is 28.9. The summed E-state index contributed by atoms with van der Waals surface area (Å²) >= 11 is 0. The highest BCUT2D eigenvalue weighted by atomic mass is 19.1. The monoisotopic (exact) mass is 573 g/mol. The standard InChI is InChI=1S/C26H52FNO11/c1-26(2,3)39-25(29)28(4)6-8-31-10-12-33-14-16-35-18-20-37-22-24-38-23-21-36-19-17-34-15-13-32-11-9-30-7-5-27/h5-24H2,1-4H3. The summed E-state index contributed by atoms with van der Waals surface area (Å²) in [4.78, 5) is 13.3. The van der Waals surface area contributed by atoms with Crippen molar-refractivity contribution in [1.29, 1.82) is 0 Å². The lowest BCUT2D eigenvalue weighted by Gasteiger charge is -2.24. The Labute approximate surface area is 233 Å². The second kappa shape index (κ2) is 28.4. The maximum Gasteiger partial charge on any atom is 0.410 e. The molecule has 0 fully saturated rings. The summed E-state index contributed by atoms with van der Waals surface area (Å²) in [5.41, 5.74) is -0.509. The third-order valence-electron chi connectivity index (χ3n) is 4.47. The smallest absolute Gasteiger partial charge is 0.410 e. The molecule has 234 valence electrons. The molecule has 0 saturated heterocycles. The van der Waals surface area contributed by atoms with Crippen molar-refractivity contribution in [3.05, 3.63) is 0 Å². The third kappa shape index (κ3) is 31.2. The zero-order valence-electron chi connectivity index (χ0n) is 24.5. The molecule has 1 amide bonds. The molecule has 0 aromatic heterocycles. The van der Waals surface area contributed by atoms with Crippen LogP contribution in [0.1, 0.15) is 20.8 Å². The Kier molecular flexibility index (Phi) is 27.5. The minimum absolute atomic E-state index is 0.111. The Bertz CT molecular complexity index is 527. The highest BCUT2D eigenvalue weighted by Gasteiger charge is 2.19. The fourth-order valence-electron chi connectivity index (χ4n) is 2.55. The highest BCUT2D eigenvalue weighted by molar-refractivity contribution is 5.67. The van der Waals surface area contributed by atoms with Gasteiger partial charge >= 0.3 is 6.09 Å². The predicted molar refractivity (Wildman–Crippen MR) is 142 cm³/mol. The zero-order valence-corrected chi connectivity index (χ0v) is 24.5. The molecule has 0 spiro atoms. The molecule has 13 heteroatoms. The fourth-order valence-corrected chi connectivity index (χ4v) is 2.55. The van der Waals surface area contributed by atoms with Crippen molar-refractivity contribution in [2.45, 2.75) is 26.4 Å². The van der Waals surface area contributed by atoms with Crippen LogP contribution in [-0.4, -0.2) is 156 Å². The lowest BCUT2D eigenvalue weighted by Crippen LogP contribution is -2.36. The first-order valence-corrected chi connectivity index (χ1v) is 13.6. The second-order valence-electron chi connectivity index (χ2n) is 9.10. The van der Waals surface area contributed by atoms with E-state index in [2.05, 4.69) is 0 Å². The van der Waals surface area contributed by atoms with Crippen LogP contribution in [-0.2, 0) is 47.4 Å². The minimum atomic E-state index is -0.509. The van der Waals surface area contributed by atoms with E-state index in [0.29, 0.717) is 119 Å². The summed E-state index contributed by atoms with van der Waals surface area (Å²) in [6.45, 7) is 13.5. The Balaban J connectivity index is 3.16. The largest absolute Gasteiger partial charge is 0.444 e. The van der Waals surface area contributed by atoms with Gasteiger partial charge in [-0.05, 0) is 20.8 Å². The van der Waals surface area contributed by atoms with Crippen molar-refractivity contribution in [2.75, 3.05) is 139 Å². The summed E-state index contributed by atoms with van der Waals surface area (Å²) in [5.74, 6) is 0. The Morgan fingerprint density at radius 3 is 1.03 bits per heavy atom. The normalized spacial score (nSPS) is 11.7. The van der Waals surface area contributed by atoms with Gasteiger partial charge < -0.3 is 52.3 Å². The minimum Gasteiger partial charge on any atom is -0.444 e. The van der Waals surface area contributed by atoms with Crippen molar-refractivity contribution in [2.24, 2.45) is 0 Å². The van der Waals surface area contributed by atoms with E-state index in [1.165, 1.54) is 4.90 Å². The molecule has 0 radical (unpaired) electrons. The molecule has 0 aromatic carbocycles. The molecule has 0 atom stereocenters. The van der Waals surface area contributed by atoms with Crippen molar-refractivity contribution >= 4 is 6.09 Å². The van der Waals surface area contributed by atoms with Gasteiger partial charge in [0.05, 0.1) is 119 Å². The molecule has 12 nitrogen and oxygen atoms in total. The van der Waals surface area contributed by atoms with E-state index in [0.717, 1.165) is 0 Å². The van der Waals surface area contributed by atoms with Crippen LogP contribution in [0.2, 0.25) is 0 Å². The number of carbonyl (C=O) groups excluding carboxylic acids is 1. The Morgan fingerprint density at radius 1 is 0.513 bits per heavy atom. The van der Waals surface area contributed by atoms with E-state index >= 15 is 0 Å². The maximum absolute atomic E-state index is 11.8. The molecular formula is C26H52FNO11. The first kappa shape index (κ1) is 37.8. The van der Waals surface area contributed by atoms with Crippen LogP contribution < -0.4 is 0 Å². The molecule has 0 bridgehead atoms. The van der Waals surface area contributed by atoms with Crippen LogP contribution in [0.4, 0.5) is 9.18 Å². The number of ether oxygens (including phenoxy) is 10. The fraction of sp³-hybridized carbons (Fsp3) is 0.962. The van der Waals surface area contributed by atoms with E-state index in [4.69, 9.17) is 47.4 Å². The molecular weight excluding hydrogens is 521 g/mol. The molecule has 0 heterocycles. The van der Waals surface area contributed by atoms with Crippen molar-refractivity contribution in [3.8, 4) is 0 Å². The predicted octanol–water partition coefficient (Wildman–Crippen LogP) is 1.97. The Hall–Kier alpha value is -1.16. The van der Waals surface area contributed by atoms with Crippen LogP contribution in [0, 0.1) is 0 Å². The highest BCUT2D eigenvalue weighted by Crippen LogP contribution is 2.08. The summed E-state index contributed by atoms with van der Waals surface area (Å²) in [7, 11) is 1.68. The number of hydrogen-bond donors (Lipinski definition) is 0. The number of hydrogen-bond acceptors (Lipinski definition) is 11. The van der Waals surface area contributed by atoms with Gasteiger partial charge in [0, 0.05) is 13.6 Å². The average molecular weight is 574 g/mol. The lowest BCUT2D eigenvalue weighted by atomic mass is 10.2. The molecule has 0 aliphatic heterocycles. The number of nitrogens with zero attached hydrogens (tertiary/aromatic N) is 1. The first-order chi connectivity index (χ1) is 18.9. The average Bonchev–Trinajstić information content (AvgIpc) is 2.89. The quantitative estimate of drug-likeness (QED) is 0.122. The van der Waals surface area contributed by atoms with Crippen LogP contribution in [0.5, 0.6) is 0 Å². The van der Waals surface area contributed by atoms with Gasteiger partial charge in [-0.1, -0.05) is 0 Å². The van der Waals surface area contributed by atoms with Crippen LogP contribution >= 0.6 is 0 Å². The van der Waals surface area contributed by atoms with Gasteiger partial charge in [0.2, 0.25) is 0 Å². The Morgan fingerprint density at radius 2 is 0.769 bits per heavy atom. The maximum atomic E-state index is 11.8. The van der Waals surface area contributed by atoms with Crippen LogP contribution in [0.25, 0.3) is 0 Å². The van der Waals surface area contributed by atoms with E-state index in [-0.39, 0.29) is 12.7 Å². The summed E-state index contributed by atoms with van der Waals surface area (Å²) in [6, 6.07) is 0. The van der Waals surface area contributed by atoms with Gasteiger partial charge in [0.1, 0.15) is 12.3 Å². The third-order valence-corrected chi connectivity index (χ3v) is 4.47. The van der Waals surface area contributed by atoms with Gasteiger partial charge in [-0.2, -0.15) is 0 Å². The first-order valence-electron chi connectivity index (χ1n) is 13.6. The SMILES string of the molecule is CN(CCOCCOCCOCCOCCOCCOCCOCCOCCOCCF)C(=O)OC(C)(C)C. The molecule has 0 N–H and O–H groups in total. The topological polar surface area (TPSA) is 113 Å². The van der Waals surface area contributed by atoms with Crippen LogP contribution in [0.3, 0.4) is 0 Å². The van der Waals surface area contributed by atoms with Crippen molar-refractivity contribution < 1.29 is 56.6 Å². The van der Waals surface area contributed by atoms with Gasteiger partial charge in [0.25, 0.3) is 0 Å². The molecule has 0 unspecified atom stereocenters. The van der Waals surface area contributed by atoms with E-state index < -0.39 is 12.3 Å². The number of amides is 1. The summed E-state index contributed by atoms with van der Waals surface area (Å²) < 4.78 is 65.3. The number of rotatable bonds is 29. The molecule has 0 aliphatic carbocycles. The van der Waals surface area contributed by atoms with Gasteiger partial charge in [-0.15, -0.1) is 0 Å². The van der Waals surface area contributed by atoms with Crippen LogP contribution in [0.15, 0.2) is 0 Å². The van der Waals surface area contributed by atoms with E-state index in [9.17, 15) is 9.18 Å². The number of carbonyl (C=O) groups is 1. The summed E-state index contributed by atoms with van der Waals surface area (Å²) in [6.07, 6.45) is -0.366. The second-order valence-corrected chi connectivity index (χ2v) is 9.10. The number of halogens is 1. The van der Waals surface area contributed by atoms with E-state index in [1.807, 2.05) is 20.8 Å². The van der Waals surface area contributed by atoms with Gasteiger partial charge in [-0.25, -0.2) is 9.18 Å². The lowest BCUT2D eigenvalue weighted by molar-refractivity contribution is -0.0255. The van der Waals surface area contributed by atoms with Gasteiger partial charge in [0.15, 0.2) is 0 Å². The molecule has 0 rings (SSSR count). The number of likely N-dealkylation sites (N-methyl/N-ethyl adjacent to an activating group) is 1. The van der Waals surface area contributed by atoms with E-state index in [1.54, 1.807) is 7.05 Å². The molecule has 0 aromatic rings. The summed E-state index contributed by atoms with van der Waals surface area (Å²) in [5, 5.41) is 0. The number of alkyl halides is 1. The van der Waals surface area contributed by atoms with Crippen molar-refractivity contribution in [3.63, 3.8) is 0 Å².